The molecule has 0 saturated carbocycles. The van der Waals surface area contributed by atoms with Crippen molar-refractivity contribution in [2.45, 2.75) is 24.5 Å². The second kappa shape index (κ2) is 6.13. The number of hydrogen-bond acceptors (Lipinski definition) is 3. The molecule has 0 amide bonds. The van der Waals surface area contributed by atoms with Gasteiger partial charge in [0.2, 0.25) is 0 Å². The SMILES string of the molecule is COc1c(C)cnc(CS(=O)c2ccccc2F)c1C. The molecule has 0 N–H and O–H groups in total. The van der Waals surface area contributed by atoms with E-state index >= 15 is 0 Å². The molecule has 0 aliphatic rings. The molecule has 1 aromatic carbocycles. The Bertz CT molecular complexity index is 658. The third-order valence-corrected chi connectivity index (χ3v) is 4.46. The van der Waals surface area contributed by atoms with Crippen LogP contribution in [0.25, 0.3) is 0 Å². The van der Waals surface area contributed by atoms with Crippen LogP contribution in [0, 0.1) is 19.7 Å². The monoisotopic (exact) mass is 293 g/mol. The third kappa shape index (κ3) is 2.88. The highest BCUT2D eigenvalue weighted by molar-refractivity contribution is 7.84. The molecule has 1 atom stereocenters. The molecule has 0 aliphatic carbocycles. The molecule has 0 spiro atoms. The van der Waals surface area contributed by atoms with Crippen molar-refractivity contribution in [3.63, 3.8) is 0 Å². The maximum atomic E-state index is 13.6. The van der Waals surface area contributed by atoms with Crippen LogP contribution in [-0.2, 0) is 16.6 Å². The Morgan fingerprint density at radius 2 is 2.00 bits per heavy atom. The summed E-state index contributed by atoms with van der Waals surface area (Å²) < 4.78 is 31.2. The number of aryl methyl sites for hydroxylation is 1. The molecule has 5 heteroatoms. The van der Waals surface area contributed by atoms with E-state index in [0.717, 1.165) is 16.9 Å². The second-order valence-corrected chi connectivity index (χ2v) is 5.89. The van der Waals surface area contributed by atoms with Crippen LogP contribution in [0.2, 0.25) is 0 Å². The van der Waals surface area contributed by atoms with Crippen LogP contribution in [-0.4, -0.2) is 16.3 Å². The summed E-state index contributed by atoms with van der Waals surface area (Å²) in [5.41, 5.74) is 2.43. The summed E-state index contributed by atoms with van der Waals surface area (Å²) in [5, 5.41) is 0. The van der Waals surface area contributed by atoms with E-state index in [1.807, 2.05) is 13.8 Å². The summed E-state index contributed by atoms with van der Waals surface area (Å²) in [4.78, 5) is 4.49. The van der Waals surface area contributed by atoms with Crippen LogP contribution in [0.5, 0.6) is 5.75 Å². The second-order valence-electron chi connectivity index (χ2n) is 4.47. The zero-order valence-corrected chi connectivity index (χ0v) is 12.5. The molecule has 1 heterocycles. The summed E-state index contributed by atoms with van der Waals surface area (Å²) in [7, 11) is 0.124. The highest BCUT2D eigenvalue weighted by atomic mass is 32.2. The van der Waals surface area contributed by atoms with Gasteiger partial charge in [0.15, 0.2) is 0 Å². The smallest absolute Gasteiger partial charge is 0.139 e. The number of benzene rings is 1. The summed E-state index contributed by atoms with van der Waals surface area (Å²) in [5.74, 6) is 0.451. The van der Waals surface area contributed by atoms with Crippen LogP contribution in [0.4, 0.5) is 4.39 Å². The lowest BCUT2D eigenvalue weighted by atomic mass is 10.1. The molecule has 0 radical (unpaired) electrons. The normalized spacial score (nSPS) is 12.2. The average molecular weight is 293 g/mol. The van der Waals surface area contributed by atoms with E-state index in [9.17, 15) is 8.60 Å². The first-order valence-electron chi connectivity index (χ1n) is 6.16. The summed E-state index contributed by atoms with van der Waals surface area (Å²) >= 11 is 0. The molecular weight excluding hydrogens is 277 g/mol. The maximum Gasteiger partial charge on any atom is 0.139 e. The predicted molar refractivity (Wildman–Crippen MR) is 76.8 cm³/mol. The largest absolute Gasteiger partial charge is 0.496 e. The molecule has 2 rings (SSSR count). The van der Waals surface area contributed by atoms with Gasteiger partial charge in [0, 0.05) is 17.3 Å². The van der Waals surface area contributed by atoms with E-state index in [1.165, 1.54) is 12.1 Å². The third-order valence-electron chi connectivity index (χ3n) is 3.10. The van der Waals surface area contributed by atoms with Gasteiger partial charge in [-0.1, -0.05) is 12.1 Å². The summed E-state index contributed by atoms with van der Waals surface area (Å²) in [6, 6.07) is 6.09. The van der Waals surface area contributed by atoms with Crippen molar-refractivity contribution in [3.05, 3.63) is 53.1 Å². The van der Waals surface area contributed by atoms with Gasteiger partial charge in [-0.05, 0) is 26.0 Å². The van der Waals surface area contributed by atoms with Gasteiger partial charge in [-0.2, -0.15) is 0 Å². The van der Waals surface area contributed by atoms with E-state index < -0.39 is 16.6 Å². The van der Waals surface area contributed by atoms with Crippen molar-refractivity contribution in [3.8, 4) is 5.75 Å². The first kappa shape index (κ1) is 14.7. The number of pyridine rings is 1. The number of rotatable bonds is 4. The van der Waals surface area contributed by atoms with Gasteiger partial charge in [0.25, 0.3) is 0 Å². The fourth-order valence-corrected chi connectivity index (χ4v) is 3.26. The Morgan fingerprint density at radius 3 is 2.65 bits per heavy atom. The zero-order chi connectivity index (χ0) is 14.7. The fourth-order valence-electron chi connectivity index (χ4n) is 2.05. The van der Waals surface area contributed by atoms with Crippen molar-refractivity contribution in [1.29, 1.82) is 0 Å². The van der Waals surface area contributed by atoms with E-state index in [1.54, 1.807) is 25.4 Å². The molecule has 0 fully saturated rings. The molecule has 2 aromatic rings. The molecule has 0 bridgehead atoms. The first-order valence-corrected chi connectivity index (χ1v) is 7.48. The van der Waals surface area contributed by atoms with Gasteiger partial charge in [-0.25, -0.2) is 4.39 Å². The highest BCUT2D eigenvalue weighted by Crippen LogP contribution is 2.26. The fraction of sp³-hybridized carbons (Fsp3) is 0.267. The van der Waals surface area contributed by atoms with Crippen molar-refractivity contribution >= 4 is 10.8 Å². The van der Waals surface area contributed by atoms with Gasteiger partial charge < -0.3 is 4.74 Å². The minimum Gasteiger partial charge on any atom is -0.496 e. The topological polar surface area (TPSA) is 39.2 Å². The molecule has 0 aliphatic heterocycles. The minimum absolute atomic E-state index is 0.170. The van der Waals surface area contributed by atoms with E-state index in [2.05, 4.69) is 4.98 Å². The van der Waals surface area contributed by atoms with Crippen LogP contribution in [0.15, 0.2) is 35.4 Å². The molecule has 3 nitrogen and oxygen atoms in total. The standard InChI is InChI=1S/C15H16FNO2S/c1-10-8-17-13(11(2)15(10)19-3)9-20(18)14-7-5-4-6-12(14)16/h4-8H,9H2,1-3H3. The predicted octanol–water partition coefficient (Wildman–Crippen LogP) is 3.15. The quantitative estimate of drug-likeness (QED) is 0.869. The van der Waals surface area contributed by atoms with Crippen molar-refractivity contribution in [1.82, 2.24) is 4.98 Å². The first-order chi connectivity index (χ1) is 9.54. The lowest BCUT2D eigenvalue weighted by Crippen LogP contribution is -2.05. The molecule has 0 saturated heterocycles. The Morgan fingerprint density at radius 1 is 1.30 bits per heavy atom. The van der Waals surface area contributed by atoms with Crippen molar-refractivity contribution in [2.75, 3.05) is 7.11 Å². The number of aromatic nitrogens is 1. The van der Waals surface area contributed by atoms with Crippen LogP contribution in [0.1, 0.15) is 16.8 Å². The Hall–Kier alpha value is -1.75. The Labute approximate surface area is 120 Å². The van der Waals surface area contributed by atoms with E-state index in [0.29, 0.717) is 5.69 Å². The van der Waals surface area contributed by atoms with Gasteiger partial charge in [-0.3, -0.25) is 9.19 Å². The van der Waals surface area contributed by atoms with Gasteiger partial charge in [-0.15, -0.1) is 0 Å². The number of hydrogen-bond donors (Lipinski definition) is 0. The van der Waals surface area contributed by atoms with Gasteiger partial charge in [0.1, 0.15) is 11.6 Å². The number of ether oxygens (including phenoxy) is 1. The van der Waals surface area contributed by atoms with Gasteiger partial charge in [0.05, 0.1) is 34.3 Å². The van der Waals surface area contributed by atoms with E-state index in [4.69, 9.17) is 4.74 Å². The lowest BCUT2D eigenvalue weighted by Gasteiger charge is -2.12. The van der Waals surface area contributed by atoms with Crippen molar-refractivity contribution in [2.24, 2.45) is 0 Å². The van der Waals surface area contributed by atoms with E-state index in [-0.39, 0.29) is 10.6 Å². The average Bonchev–Trinajstić information content (AvgIpc) is 2.43. The van der Waals surface area contributed by atoms with Crippen LogP contribution >= 0.6 is 0 Å². The molecule has 1 unspecified atom stereocenters. The molecule has 106 valence electrons. The minimum atomic E-state index is -1.47. The summed E-state index contributed by atoms with van der Waals surface area (Å²) in [6.07, 6.45) is 1.68. The maximum absolute atomic E-state index is 13.6. The Balaban J connectivity index is 2.32. The molecular formula is C15H16FNO2S. The van der Waals surface area contributed by atoms with Crippen LogP contribution in [0.3, 0.4) is 0 Å². The van der Waals surface area contributed by atoms with Crippen LogP contribution < -0.4 is 4.74 Å². The molecule has 1 aromatic heterocycles. The molecule has 20 heavy (non-hydrogen) atoms. The van der Waals surface area contributed by atoms with Gasteiger partial charge >= 0.3 is 0 Å². The zero-order valence-electron chi connectivity index (χ0n) is 11.6. The lowest BCUT2D eigenvalue weighted by molar-refractivity contribution is 0.407. The number of nitrogens with zero attached hydrogens (tertiary/aromatic N) is 1. The number of methoxy groups -OCH3 is 1. The summed E-state index contributed by atoms with van der Waals surface area (Å²) in [6.45, 7) is 3.77. The Kier molecular flexibility index (Phi) is 4.49. The number of halogens is 1. The van der Waals surface area contributed by atoms with Crippen molar-refractivity contribution < 1.29 is 13.3 Å². The highest BCUT2D eigenvalue weighted by Gasteiger charge is 2.15.